The number of ether oxygens (including phenoxy) is 4. The Morgan fingerprint density at radius 3 is 1.38 bits per heavy atom. The molecular formula is C80H79F4N15O13. The zero-order chi connectivity index (χ0) is 79.5. The largest absolute Gasteiger partial charge is 0.489 e. The number of hydrogen-bond donors (Lipinski definition) is 6. The van der Waals surface area contributed by atoms with Gasteiger partial charge in [-0.2, -0.15) is 15.8 Å². The predicted octanol–water partition coefficient (Wildman–Crippen LogP) is 8.80. The maximum Gasteiger partial charge on any atom is 0.301 e. The molecule has 3 aliphatic carbocycles. The number of methoxy groups -OCH3 is 1. The van der Waals surface area contributed by atoms with Gasteiger partial charge in [0, 0.05) is 159 Å². The van der Waals surface area contributed by atoms with Crippen molar-refractivity contribution in [2.75, 3.05) is 75.6 Å². The molecule has 0 bridgehead atoms. The lowest BCUT2D eigenvalue weighted by Gasteiger charge is -2.38. The van der Waals surface area contributed by atoms with Crippen LogP contribution in [0, 0.1) is 51.7 Å². The molecule has 3 aliphatic heterocycles. The molecule has 14 rings (SSSR count). The number of pyridine rings is 4. The highest BCUT2D eigenvalue weighted by atomic mass is 19.3. The Kier molecular flexibility index (Phi) is 24.5. The Morgan fingerprint density at radius 1 is 0.527 bits per heavy atom. The van der Waals surface area contributed by atoms with Crippen LogP contribution in [0.1, 0.15) is 98.2 Å². The van der Waals surface area contributed by atoms with Gasteiger partial charge in [0.05, 0.1) is 54.0 Å². The van der Waals surface area contributed by atoms with Gasteiger partial charge < -0.3 is 69.5 Å². The van der Waals surface area contributed by atoms with E-state index in [-0.39, 0.29) is 114 Å². The fourth-order valence-corrected chi connectivity index (χ4v) is 13.7. The fourth-order valence-electron chi connectivity index (χ4n) is 13.7. The number of aromatic nitrogens is 6. The van der Waals surface area contributed by atoms with Crippen LogP contribution in [0.2, 0.25) is 0 Å². The zero-order valence-corrected chi connectivity index (χ0v) is 61.1. The van der Waals surface area contributed by atoms with Gasteiger partial charge >= 0.3 is 11.8 Å². The summed E-state index contributed by atoms with van der Waals surface area (Å²) in [6.07, 6.45) is 11.0. The summed E-state index contributed by atoms with van der Waals surface area (Å²) >= 11 is 0. The number of amides is 6. The summed E-state index contributed by atoms with van der Waals surface area (Å²) in [5, 5.41) is 64.8. The van der Waals surface area contributed by atoms with Crippen molar-refractivity contribution in [1.29, 1.82) is 15.8 Å². The SMILES string of the molecule is COc1ccc([C@@H]2C[C@H]2C(=O)Nc2ccnc(-c3ccc(O[C@H]4CCN(C(=O)CO)CC4(F)F)c(C#N)c3)c2)cn1.C[C@H]1C[C@@H](Oc2ccc(-c3cc(NC(=O)C4CC4)ccn3)cc2C#N)CCN1C(=O)CO.Cn1ccnc1[C@@H]1C[C@H]1C(=O)Nc1ccnc(-c2ccc(O[C@H]3CCN(C(=O)CO)CC3(F)F)c(C#N)c2)c1. The first-order valence-electron chi connectivity index (χ1n) is 36.2. The number of rotatable bonds is 21. The summed E-state index contributed by atoms with van der Waals surface area (Å²) in [7, 11) is 3.44. The molecule has 5 aromatic heterocycles. The van der Waals surface area contributed by atoms with E-state index in [2.05, 4.69) is 46.9 Å². The number of carbonyl (C=O) groups is 6. The average molecular weight is 1530 g/mol. The molecule has 8 heterocycles. The van der Waals surface area contributed by atoms with Crippen LogP contribution in [-0.2, 0) is 35.8 Å². The maximum atomic E-state index is 14.7. The van der Waals surface area contributed by atoms with Crippen LogP contribution in [0.5, 0.6) is 23.1 Å². The molecule has 0 unspecified atom stereocenters. The molecular weight excluding hydrogens is 1450 g/mol. The second-order valence-corrected chi connectivity index (χ2v) is 28.0. The Balaban J connectivity index is 0.000000157. The highest BCUT2D eigenvalue weighted by Crippen LogP contribution is 2.49. The van der Waals surface area contributed by atoms with Crippen LogP contribution in [0.15, 0.2) is 140 Å². The number of nitrogens with one attached hydrogen (secondary N) is 3. The van der Waals surface area contributed by atoms with Gasteiger partial charge in [0.1, 0.15) is 67.2 Å². The first-order chi connectivity index (χ1) is 53.9. The minimum absolute atomic E-state index is 0.000637. The summed E-state index contributed by atoms with van der Waals surface area (Å²) in [4.78, 5) is 97.7. The van der Waals surface area contributed by atoms with Crippen LogP contribution in [0.3, 0.4) is 0 Å². The number of nitriles is 3. The van der Waals surface area contributed by atoms with E-state index in [0.29, 0.717) is 88.3 Å². The van der Waals surface area contributed by atoms with Crippen molar-refractivity contribution >= 4 is 52.5 Å². The number of anilines is 3. The third-order valence-corrected chi connectivity index (χ3v) is 20.2. The second kappa shape index (κ2) is 34.6. The molecule has 0 spiro atoms. The number of hydrogen-bond acceptors (Lipinski definition) is 21. The molecule has 3 saturated heterocycles. The van der Waals surface area contributed by atoms with Crippen LogP contribution < -0.4 is 34.9 Å². The smallest absolute Gasteiger partial charge is 0.301 e. The molecule has 3 saturated carbocycles. The van der Waals surface area contributed by atoms with Gasteiger partial charge in [0.25, 0.3) is 0 Å². The lowest BCUT2D eigenvalue weighted by Crippen LogP contribution is -2.55. The second-order valence-electron chi connectivity index (χ2n) is 28.0. The first kappa shape index (κ1) is 79.1. The number of imidazole rings is 1. The van der Waals surface area contributed by atoms with Gasteiger partial charge in [-0.15, -0.1) is 0 Å². The number of carbonyl (C=O) groups excluding carboxylic acids is 6. The van der Waals surface area contributed by atoms with Gasteiger partial charge in [-0.3, -0.25) is 43.7 Å². The number of aliphatic hydroxyl groups is 3. The maximum absolute atomic E-state index is 14.7. The van der Waals surface area contributed by atoms with E-state index >= 15 is 0 Å². The number of aliphatic hydroxyl groups excluding tert-OH is 3. The van der Waals surface area contributed by atoms with Crippen molar-refractivity contribution in [3.63, 3.8) is 0 Å². The van der Waals surface area contributed by atoms with Gasteiger partial charge in [-0.1, -0.05) is 6.07 Å². The molecule has 0 radical (unpaired) electrons. The van der Waals surface area contributed by atoms with E-state index in [0.717, 1.165) is 46.0 Å². The first-order valence-corrected chi connectivity index (χ1v) is 36.2. The fraction of sp³-hybridized carbons (Fsp3) is 0.375. The normalized spacial score (nSPS) is 21.0. The number of benzene rings is 3. The number of piperidine rings is 3. The van der Waals surface area contributed by atoms with Crippen molar-refractivity contribution in [3.8, 4) is 75.1 Å². The van der Waals surface area contributed by atoms with Gasteiger partial charge in [-0.25, -0.2) is 27.5 Å². The van der Waals surface area contributed by atoms with Gasteiger partial charge in [0.2, 0.25) is 41.3 Å². The predicted molar refractivity (Wildman–Crippen MR) is 395 cm³/mol. The van der Waals surface area contributed by atoms with Crippen molar-refractivity contribution in [3.05, 3.63) is 168 Å². The van der Waals surface area contributed by atoms with E-state index in [4.69, 9.17) is 34.3 Å². The van der Waals surface area contributed by atoms with E-state index < -0.39 is 68.8 Å². The number of aryl methyl sites for hydroxylation is 1. The van der Waals surface area contributed by atoms with E-state index in [9.17, 15) is 62.1 Å². The van der Waals surface area contributed by atoms with Crippen molar-refractivity contribution < 1.29 is 80.6 Å². The Hall–Kier alpha value is -12.4. The number of likely N-dealkylation sites (tertiary alicyclic amines) is 3. The summed E-state index contributed by atoms with van der Waals surface area (Å²) in [5.41, 5.74) is 6.65. The topological polar surface area (TPSA) is 387 Å². The van der Waals surface area contributed by atoms with Crippen LogP contribution in [0.25, 0.3) is 33.8 Å². The Bertz CT molecular complexity index is 4970. The number of nitrogens with zero attached hydrogens (tertiary/aromatic N) is 12. The highest BCUT2D eigenvalue weighted by Gasteiger charge is 2.50. The summed E-state index contributed by atoms with van der Waals surface area (Å²) in [6, 6.07) is 34.4. The van der Waals surface area contributed by atoms with Crippen molar-refractivity contribution in [2.24, 2.45) is 24.8 Å². The zero-order valence-electron chi connectivity index (χ0n) is 61.1. The van der Waals surface area contributed by atoms with Crippen LogP contribution in [-0.4, -0.2) is 191 Å². The minimum Gasteiger partial charge on any atom is -0.489 e. The molecule has 6 amide bonds. The van der Waals surface area contributed by atoms with Crippen LogP contribution in [0.4, 0.5) is 34.6 Å². The molecule has 6 aliphatic rings. The summed E-state index contributed by atoms with van der Waals surface area (Å²) in [5.74, 6) is -7.00. The third-order valence-electron chi connectivity index (χ3n) is 20.2. The summed E-state index contributed by atoms with van der Waals surface area (Å²) < 4.78 is 83.0. The molecule has 32 heteroatoms. The standard InChI is InChI=1S/C29H27F2N5O5.C27H26F2N6O4.C24H26N4O4/c1-40-26-5-3-18(14-34-26)21-12-22(21)28(39)35-20-6-8-33-23(11-20)17-2-4-24(19(10-17)13-32)41-25-7-9-36(27(38)15-37)16-29(25,30)31;1-34-9-7-32-25(34)19-12-20(19)26(38)33-18-4-6-31-21(11-18)16-2-3-22(17(10-16)13-30)39-23-5-8-35(24(37)14-36)15-27(23,28)29;1-15-10-20(7-9-28(15)23(30)14-29)32-22-5-4-17(11-18(22)13-25)21-12-19(6-8-26-21)27-24(31)16-2-3-16/h2-6,8,10-11,14,21-22,25,37H,7,9,12,15-16H2,1H3,(H,33,35,39);2-4,6-7,9-11,19-20,23,36H,5,8,12,14-15H2,1H3,(H,31,33,38);4-6,8,11-12,15-16,20,29H,2-3,7,9-10,14H2,1H3,(H,26,27,31)/t21-,22+,25-;19-,20-,23+;15-,20-/m010/s1. The quantitative estimate of drug-likeness (QED) is 0.0366. The molecule has 112 heavy (non-hydrogen) atoms. The monoisotopic (exact) mass is 1530 g/mol. The summed E-state index contributed by atoms with van der Waals surface area (Å²) in [6.45, 7) is -1.48. The van der Waals surface area contributed by atoms with Crippen molar-refractivity contribution in [2.45, 2.75) is 106 Å². The van der Waals surface area contributed by atoms with Crippen molar-refractivity contribution in [1.82, 2.24) is 44.2 Å². The Morgan fingerprint density at radius 2 is 0.982 bits per heavy atom. The molecule has 28 nitrogen and oxygen atoms in total. The van der Waals surface area contributed by atoms with E-state index in [1.807, 2.05) is 49.0 Å². The molecule has 8 atom stereocenters. The van der Waals surface area contributed by atoms with Gasteiger partial charge in [-0.05, 0) is 135 Å². The minimum atomic E-state index is -3.37. The molecule has 6 fully saturated rings. The molecule has 580 valence electrons. The van der Waals surface area contributed by atoms with E-state index in [1.165, 1.54) is 36.7 Å². The number of halogens is 4. The van der Waals surface area contributed by atoms with Crippen LogP contribution >= 0.6 is 0 Å². The van der Waals surface area contributed by atoms with E-state index in [1.54, 1.807) is 97.3 Å². The molecule has 6 N–H and O–H groups in total. The lowest BCUT2D eigenvalue weighted by atomic mass is 10.00. The highest BCUT2D eigenvalue weighted by molar-refractivity contribution is 5.97. The van der Waals surface area contributed by atoms with Gasteiger partial charge in [0.15, 0.2) is 12.2 Å². The molecule has 8 aromatic rings. The lowest BCUT2D eigenvalue weighted by molar-refractivity contribution is -0.162. The third kappa shape index (κ3) is 19.0. The molecule has 3 aromatic carbocycles. The average Bonchev–Trinajstić information content (AvgIpc) is 1.74. The Labute approximate surface area is 640 Å². The number of alkyl halides is 4.